The summed E-state index contributed by atoms with van der Waals surface area (Å²) in [6, 6.07) is 4.15. The van der Waals surface area contributed by atoms with E-state index >= 15 is 0 Å². The summed E-state index contributed by atoms with van der Waals surface area (Å²) in [5.74, 6) is 2.27. The van der Waals surface area contributed by atoms with Crippen LogP contribution in [0.4, 0.5) is 0 Å². The van der Waals surface area contributed by atoms with Crippen molar-refractivity contribution in [2.45, 2.75) is 31.4 Å². The maximum absolute atomic E-state index is 13.2. The molecule has 5 nitrogen and oxygen atoms in total. The zero-order valence-corrected chi connectivity index (χ0v) is 13.8. The quantitative estimate of drug-likeness (QED) is 0.936. The summed E-state index contributed by atoms with van der Waals surface area (Å²) in [6.07, 6.45) is 6.95. The van der Waals surface area contributed by atoms with Gasteiger partial charge in [-0.25, -0.2) is 4.98 Å². The summed E-state index contributed by atoms with van der Waals surface area (Å²) in [7, 11) is 0. The minimum Gasteiger partial charge on any atom is -0.376 e. The largest absolute Gasteiger partial charge is 0.376 e. The predicted molar refractivity (Wildman–Crippen MR) is 91.8 cm³/mol. The van der Waals surface area contributed by atoms with Crippen molar-refractivity contribution in [2.75, 3.05) is 24.7 Å². The molecule has 2 aliphatic rings. The highest BCUT2D eigenvalue weighted by Crippen LogP contribution is 2.27. The summed E-state index contributed by atoms with van der Waals surface area (Å²) in [5.41, 5.74) is 1.50. The highest BCUT2D eigenvalue weighted by molar-refractivity contribution is 7.99. The number of ether oxygens (including phenoxy) is 1. The molecule has 2 fully saturated rings. The van der Waals surface area contributed by atoms with Crippen LogP contribution in [0.1, 0.15) is 29.6 Å². The minimum absolute atomic E-state index is 0.104. The topological polar surface area (TPSA) is 58.2 Å². The number of thioether (sulfide) groups is 1. The number of carbonyl (C=O) groups is 1. The van der Waals surface area contributed by atoms with Crippen LogP contribution in [0, 0.1) is 0 Å². The lowest BCUT2D eigenvalue weighted by atomic mass is 10.1. The zero-order chi connectivity index (χ0) is 15.6. The number of pyridine rings is 1. The van der Waals surface area contributed by atoms with Gasteiger partial charge < -0.3 is 14.6 Å². The van der Waals surface area contributed by atoms with Gasteiger partial charge in [0.05, 0.1) is 11.7 Å². The number of nitrogens with zero attached hydrogens (tertiary/aromatic N) is 2. The molecule has 0 spiro atoms. The van der Waals surface area contributed by atoms with E-state index in [1.54, 1.807) is 12.4 Å². The molecule has 4 heterocycles. The number of hydrogen-bond acceptors (Lipinski definition) is 4. The number of amides is 1. The van der Waals surface area contributed by atoms with Gasteiger partial charge in [-0.05, 0) is 37.1 Å². The number of fused-ring (bicyclic) bond motifs is 1. The zero-order valence-electron chi connectivity index (χ0n) is 13.0. The van der Waals surface area contributed by atoms with Crippen molar-refractivity contribution >= 4 is 28.7 Å². The average Bonchev–Trinajstić information content (AvgIpc) is 3.32. The molecule has 6 heteroatoms. The SMILES string of the molecule is O=C(c1c[nH]c2ncccc12)N(C[C@@H]1CCCO1)[C@H]1CCSC1. The number of H-pyrrole nitrogens is 1. The minimum atomic E-state index is 0.104. The molecule has 2 atom stereocenters. The van der Waals surface area contributed by atoms with E-state index in [0.717, 1.165) is 54.0 Å². The molecular weight excluding hydrogens is 310 g/mol. The van der Waals surface area contributed by atoms with Gasteiger partial charge in [0.25, 0.3) is 5.91 Å². The smallest absolute Gasteiger partial charge is 0.256 e. The molecule has 0 radical (unpaired) electrons. The van der Waals surface area contributed by atoms with Crippen LogP contribution in [0.5, 0.6) is 0 Å². The number of aromatic nitrogens is 2. The number of nitrogens with one attached hydrogen (secondary N) is 1. The van der Waals surface area contributed by atoms with E-state index in [9.17, 15) is 4.79 Å². The highest BCUT2D eigenvalue weighted by atomic mass is 32.2. The van der Waals surface area contributed by atoms with Gasteiger partial charge in [-0.1, -0.05) is 0 Å². The first kappa shape index (κ1) is 15.0. The average molecular weight is 331 g/mol. The van der Waals surface area contributed by atoms with Crippen LogP contribution in [-0.4, -0.2) is 57.6 Å². The van der Waals surface area contributed by atoms with Crippen LogP contribution < -0.4 is 0 Å². The summed E-state index contributed by atoms with van der Waals surface area (Å²) in [6.45, 7) is 1.53. The maximum Gasteiger partial charge on any atom is 0.256 e. The monoisotopic (exact) mass is 331 g/mol. The number of hydrogen-bond donors (Lipinski definition) is 1. The standard InChI is InChI=1S/C17H21N3O2S/c21-17(15-9-19-16-14(15)4-1-6-18-16)20(12-5-8-23-11-12)10-13-3-2-7-22-13/h1,4,6,9,12-13H,2-3,5,7-8,10-11H2,(H,18,19)/t12-,13-/m0/s1. The van der Waals surface area contributed by atoms with E-state index in [2.05, 4.69) is 9.97 Å². The molecule has 2 aromatic heterocycles. The third-order valence-electron chi connectivity index (χ3n) is 4.71. The molecule has 23 heavy (non-hydrogen) atoms. The Labute approximate surface area is 139 Å². The second kappa shape index (κ2) is 6.53. The van der Waals surface area contributed by atoms with Crippen molar-refractivity contribution in [3.63, 3.8) is 0 Å². The molecule has 0 aliphatic carbocycles. The first-order valence-electron chi connectivity index (χ1n) is 8.25. The van der Waals surface area contributed by atoms with Crippen LogP contribution >= 0.6 is 11.8 Å². The Morgan fingerprint density at radius 2 is 2.43 bits per heavy atom. The lowest BCUT2D eigenvalue weighted by Crippen LogP contribution is -2.44. The third-order valence-corrected chi connectivity index (χ3v) is 5.86. The van der Waals surface area contributed by atoms with Crippen LogP contribution in [0.3, 0.4) is 0 Å². The molecule has 0 bridgehead atoms. The van der Waals surface area contributed by atoms with Gasteiger partial charge in [-0.3, -0.25) is 4.79 Å². The van der Waals surface area contributed by atoms with Gasteiger partial charge in [-0.15, -0.1) is 0 Å². The molecule has 0 saturated carbocycles. The molecule has 0 unspecified atom stereocenters. The Bertz CT molecular complexity index is 690. The Morgan fingerprint density at radius 1 is 1.48 bits per heavy atom. The predicted octanol–water partition coefficient (Wildman–Crippen LogP) is 2.69. The molecule has 122 valence electrons. The van der Waals surface area contributed by atoms with Crippen molar-refractivity contribution in [1.29, 1.82) is 0 Å². The summed E-state index contributed by atoms with van der Waals surface area (Å²) in [5, 5.41) is 0.903. The summed E-state index contributed by atoms with van der Waals surface area (Å²) in [4.78, 5) is 22.7. The van der Waals surface area contributed by atoms with Gasteiger partial charge >= 0.3 is 0 Å². The molecule has 2 aliphatic heterocycles. The van der Waals surface area contributed by atoms with Gasteiger partial charge in [0.1, 0.15) is 5.65 Å². The third kappa shape index (κ3) is 2.97. The fraction of sp³-hybridized carbons (Fsp3) is 0.529. The second-order valence-electron chi connectivity index (χ2n) is 6.21. The number of carbonyl (C=O) groups excluding carboxylic acids is 1. The van der Waals surface area contributed by atoms with Gasteiger partial charge in [0, 0.05) is 42.7 Å². The Kier molecular flexibility index (Phi) is 4.27. The molecule has 4 rings (SSSR count). The Morgan fingerprint density at radius 3 is 3.22 bits per heavy atom. The van der Waals surface area contributed by atoms with Crippen molar-refractivity contribution in [1.82, 2.24) is 14.9 Å². The van der Waals surface area contributed by atoms with Crippen LogP contribution in [0.25, 0.3) is 11.0 Å². The molecular formula is C17H21N3O2S. The first-order valence-corrected chi connectivity index (χ1v) is 9.41. The first-order chi connectivity index (χ1) is 11.3. The molecule has 0 aromatic carbocycles. The highest BCUT2D eigenvalue weighted by Gasteiger charge is 2.32. The van der Waals surface area contributed by atoms with Crippen molar-refractivity contribution < 1.29 is 9.53 Å². The van der Waals surface area contributed by atoms with Crippen molar-refractivity contribution in [3.8, 4) is 0 Å². The summed E-state index contributed by atoms with van der Waals surface area (Å²) >= 11 is 1.93. The fourth-order valence-corrected chi connectivity index (χ4v) is 4.69. The van der Waals surface area contributed by atoms with E-state index in [4.69, 9.17) is 4.74 Å². The Hall–Kier alpha value is -1.53. The lowest BCUT2D eigenvalue weighted by molar-refractivity contribution is 0.0443. The van der Waals surface area contributed by atoms with Crippen LogP contribution in [0.2, 0.25) is 0 Å². The second-order valence-corrected chi connectivity index (χ2v) is 7.36. The molecule has 2 aromatic rings. The van der Waals surface area contributed by atoms with E-state index in [1.165, 1.54) is 0 Å². The van der Waals surface area contributed by atoms with Crippen LogP contribution in [0.15, 0.2) is 24.5 Å². The van der Waals surface area contributed by atoms with E-state index < -0.39 is 0 Å². The Balaban J connectivity index is 1.62. The summed E-state index contributed by atoms with van der Waals surface area (Å²) < 4.78 is 5.78. The van der Waals surface area contributed by atoms with Crippen molar-refractivity contribution in [3.05, 3.63) is 30.1 Å². The maximum atomic E-state index is 13.2. The number of rotatable bonds is 4. The molecule has 1 N–H and O–H groups in total. The van der Waals surface area contributed by atoms with E-state index in [1.807, 2.05) is 28.8 Å². The normalized spacial score (nSPS) is 24.3. The van der Waals surface area contributed by atoms with Crippen molar-refractivity contribution in [2.24, 2.45) is 0 Å². The van der Waals surface area contributed by atoms with Crippen LogP contribution in [-0.2, 0) is 4.74 Å². The van der Waals surface area contributed by atoms with Gasteiger partial charge in [0.15, 0.2) is 0 Å². The fourth-order valence-electron chi connectivity index (χ4n) is 3.46. The molecule has 2 saturated heterocycles. The van der Waals surface area contributed by atoms with Gasteiger partial charge in [-0.2, -0.15) is 11.8 Å². The molecule has 1 amide bonds. The number of aromatic amines is 1. The van der Waals surface area contributed by atoms with Gasteiger partial charge in [0.2, 0.25) is 0 Å². The van der Waals surface area contributed by atoms with E-state index in [-0.39, 0.29) is 12.0 Å². The lowest BCUT2D eigenvalue weighted by Gasteiger charge is -2.30. The van der Waals surface area contributed by atoms with E-state index in [0.29, 0.717) is 12.6 Å².